The van der Waals surface area contributed by atoms with Crippen molar-refractivity contribution < 1.29 is 8.96 Å². The Morgan fingerprint density at radius 1 is 1.11 bits per heavy atom. The van der Waals surface area contributed by atoms with E-state index in [1.165, 1.54) is 47.4 Å². The highest BCUT2D eigenvalue weighted by molar-refractivity contribution is 7.17. The van der Waals surface area contributed by atoms with Crippen LogP contribution in [0.4, 0.5) is 4.39 Å². The zero-order chi connectivity index (χ0) is 19.1. The van der Waals surface area contributed by atoms with Gasteiger partial charge in [-0.1, -0.05) is 12.1 Å². The van der Waals surface area contributed by atoms with Gasteiger partial charge in [0.25, 0.3) is 5.56 Å². The van der Waals surface area contributed by atoms with Crippen LogP contribution in [0.3, 0.4) is 0 Å². The Kier molecular flexibility index (Phi) is 4.28. The predicted octanol–water partition coefficient (Wildman–Crippen LogP) is 4.01. The number of nitrogens with one attached hydrogen (secondary N) is 1. The molecule has 1 N–H and O–H groups in total. The van der Waals surface area contributed by atoms with E-state index in [0.29, 0.717) is 22.6 Å². The van der Waals surface area contributed by atoms with E-state index in [1.54, 1.807) is 12.1 Å². The van der Waals surface area contributed by atoms with Crippen LogP contribution < -0.4 is 10.1 Å². The number of hydrogen-bond donors (Lipinski definition) is 1. The average molecular weight is 392 g/mol. The molecule has 5 rings (SSSR count). The fourth-order valence-electron chi connectivity index (χ4n) is 3.90. The van der Waals surface area contributed by atoms with E-state index >= 15 is 0 Å². The van der Waals surface area contributed by atoms with Gasteiger partial charge in [0.05, 0.1) is 5.39 Å². The molecule has 0 bridgehead atoms. The highest BCUT2D eigenvalue weighted by Crippen LogP contribution is 2.30. The summed E-state index contributed by atoms with van der Waals surface area (Å²) < 4.78 is 15.3. The van der Waals surface area contributed by atoms with E-state index in [2.05, 4.69) is 33.0 Å². The summed E-state index contributed by atoms with van der Waals surface area (Å²) in [7, 11) is 0. The number of aromatic amines is 1. The Morgan fingerprint density at radius 2 is 1.89 bits per heavy atom. The van der Waals surface area contributed by atoms with Gasteiger partial charge in [0, 0.05) is 22.6 Å². The van der Waals surface area contributed by atoms with Crippen molar-refractivity contribution in [2.24, 2.45) is 0 Å². The molecule has 0 unspecified atom stereocenters. The van der Waals surface area contributed by atoms with Crippen molar-refractivity contribution in [3.05, 3.63) is 81.2 Å². The quantitative estimate of drug-likeness (QED) is 0.536. The number of halogens is 1. The zero-order valence-electron chi connectivity index (χ0n) is 15.2. The maximum Gasteiger partial charge on any atom is 0.260 e. The Morgan fingerprint density at radius 3 is 2.71 bits per heavy atom. The van der Waals surface area contributed by atoms with Crippen molar-refractivity contribution in [2.75, 3.05) is 0 Å². The molecule has 1 aromatic carbocycles. The molecule has 4 aromatic rings. The number of aromatic nitrogens is 3. The lowest BCUT2D eigenvalue weighted by Crippen LogP contribution is -2.36. The molecule has 1 aliphatic carbocycles. The van der Waals surface area contributed by atoms with Crippen LogP contribution in [0, 0.1) is 5.82 Å². The summed E-state index contributed by atoms with van der Waals surface area (Å²) >= 11 is 1.44. The predicted molar refractivity (Wildman–Crippen MR) is 108 cm³/mol. The minimum atomic E-state index is -0.292. The molecule has 1 aliphatic rings. The van der Waals surface area contributed by atoms with Crippen molar-refractivity contribution in [1.29, 1.82) is 0 Å². The second-order valence-corrected chi connectivity index (χ2v) is 8.08. The number of H-pyrrole nitrogens is 1. The van der Waals surface area contributed by atoms with Gasteiger partial charge in [-0.25, -0.2) is 9.37 Å². The van der Waals surface area contributed by atoms with Crippen LogP contribution >= 0.6 is 11.3 Å². The number of benzene rings is 1. The highest BCUT2D eigenvalue weighted by Gasteiger charge is 2.17. The Labute approximate surface area is 165 Å². The molecule has 3 aromatic heterocycles. The number of nitrogens with zero attached hydrogens (tertiary/aromatic N) is 2. The minimum absolute atomic E-state index is 0.154. The summed E-state index contributed by atoms with van der Waals surface area (Å²) in [6, 6.07) is 8.37. The second-order valence-electron chi connectivity index (χ2n) is 7.22. The van der Waals surface area contributed by atoms with Gasteiger partial charge in [-0.05, 0) is 48.9 Å². The highest BCUT2D eigenvalue weighted by atomic mass is 32.1. The van der Waals surface area contributed by atoms with Crippen molar-refractivity contribution >= 4 is 21.6 Å². The lowest BCUT2D eigenvalue weighted by molar-refractivity contribution is -0.689. The molecule has 0 amide bonds. The molecular formula is C22H19FN3OS+. The number of pyridine rings is 1. The average Bonchev–Trinajstić information content (AvgIpc) is 3.13. The maximum absolute atomic E-state index is 13.2. The third-order valence-corrected chi connectivity index (χ3v) is 6.20. The molecule has 0 atom stereocenters. The van der Waals surface area contributed by atoms with Gasteiger partial charge in [0.2, 0.25) is 6.54 Å². The molecule has 0 aliphatic heterocycles. The fraction of sp³-hybridized carbons (Fsp3) is 0.227. The number of hydrogen-bond acceptors (Lipinski definition) is 3. The minimum Gasteiger partial charge on any atom is -0.305 e. The number of fused-ring (bicyclic) bond motifs is 2. The summed E-state index contributed by atoms with van der Waals surface area (Å²) in [5.74, 6) is 0.352. The van der Waals surface area contributed by atoms with Crippen LogP contribution in [-0.2, 0) is 19.4 Å². The normalized spacial score (nSPS) is 13.6. The van der Waals surface area contributed by atoms with E-state index in [4.69, 9.17) is 0 Å². The lowest BCUT2D eigenvalue weighted by atomic mass is 9.93. The topological polar surface area (TPSA) is 49.6 Å². The molecule has 0 saturated carbocycles. The SMILES string of the molecule is O=c1[nH]c(C[n+]2ccc3c(c2)CCCC3)nc2scc(-c3ccc(F)cc3)c12. The monoisotopic (exact) mass is 392 g/mol. The molecule has 140 valence electrons. The van der Waals surface area contributed by atoms with Gasteiger partial charge >= 0.3 is 0 Å². The van der Waals surface area contributed by atoms with E-state index in [9.17, 15) is 9.18 Å². The maximum atomic E-state index is 13.2. The number of aryl methyl sites for hydroxylation is 2. The van der Waals surface area contributed by atoms with Crippen molar-refractivity contribution in [3.8, 4) is 11.1 Å². The summed E-state index contributed by atoms with van der Waals surface area (Å²) in [5, 5.41) is 2.48. The smallest absolute Gasteiger partial charge is 0.260 e. The zero-order valence-corrected chi connectivity index (χ0v) is 16.1. The van der Waals surface area contributed by atoms with Gasteiger partial charge in [0.1, 0.15) is 10.6 Å². The molecule has 4 nitrogen and oxygen atoms in total. The lowest BCUT2D eigenvalue weighted by Gasteiger charge is -2.13. The van der Waals surface area contributed by atoms with Crippen LogP contribution in [0.15, 0.2) is 52.9 Å². The molecule has 28 heavy (non-hydrogen) atoms. The largest absolute Gasteiger partial charge is 0.305 e. The number of rotatable bonds is 3. The standard InChI is InChI=1S/C22H18FN3OS/c23-17-7-5-15(6-8-17)18-13-28-22-20(18)21(27)24-19(25-22)12-26-10-9-14-3-1-2-4-16(14)11-26/h5-11,13H,1-4,12H2/p+1. The van der Waals surface area contributed by atoms with Crippen LogP contribution in [0.1, 0.15) is 29.8 Å². The Bertz CT molecular complexity index is 1230. The van der Waals surface area contributed by atoms with Gasteiger partial charge in [-0.2, -0.15) is 4.57 Å². The summed E-state index contributed by atoms with van der Waals surface area (Å²) in [6.45, 7) is 0.530. The first-order chi connectivity index (χ1) is 13.7. The van der Waals surface area contributed by atoms with Crippen molar-refractivity contribution in [1.82, 2.24) is 9.97 Å². The van der Waals surface area contributed by atoms with Crippen LogP contribution in [0.5, 0.6) is 0 Å². The van der Waals surface area contributed by atoms with Crippen LogP contribution in [0.25, 0.3) is 21.3 Å². The molecule has 0 radical (unpaired) electrons. The third kappa shape index (κ3) is 3.14. The molecular weight excluding hydrogens is 373 g/mol. The van der Waals surface area contributed by atoms with Crippen molar-refractivity contribution in [2.45, 2.75) is 32.2 Å². The second kappa shape index (κ2) is 6.95. The molecule has 3 heterocycles. The summed E-state index contributed by atoms with van der Waals surface area (Å²) in [4.78, 5) is 21.1. The van der Waals surface area contributed by atoms with Crippen LogP contribution in [0.2, 0.25) is 0 Å². The first-order valence-corrected chi connectivity index (χ1v) is 10.3. The molecule has 0 saturated heterocycles. The summed E-state index contributed by atoms with van der Waals surface area (Å²) in [6.07, 6.45) is 9.00. The van der Waals surface area contributed by atoms with E-state index in [1.807, 2.05) is 5.38 Å². The van der Waals surface area contributed by atoms with Crippen LogP contribution in [-0.4, -0.2) is 9.97 Å². The third-order valence-electron chi connectivity index (χ3n) is 5.32. The number of thiophene rings is 1. The van der Waals surface area contributed by atoms with Gasteiger partial charge in [-0.15, -0.1) is 11.3 Å². The van der Waals surface area contributed by atoms with Crippen molar-refractivity contribution in [3.63, 3.8) is 0 Å². The molecule has 0 fully saturated rings. The van der Waals surface area contributed by atoms with E-state index in [0.717, 1.165) is 24.0 Å². The first kappa shape index (κ1) is 17.3. The van der Waals surface area contributed by atoms with E-state index in [-0.39, 0.29) is 11.4 Å². The summed E-state index contributed by atoms with van der Waals surface area (Å²) in [5.41, 5.74) is 4.28. The molecule has 0 spiro atoms. The fourth-order valence-corrected chi connectivity index (χ4v) is 4.87. The van der Waals surface area contributed by atoms with E-state index < -0.39 is 0 Å². The van der Waals surface area contributed by atoms with Gasteiger partial charge in [0.15, 0.2) is 18.2 Å². The Balaban J connectivity index is 1.50. The Hall–Kier alpha value is -2.86. The van der Waals surface area contributed by atoms with Gasteiger partial charge < -0.3 is 4.98 Å². The van der Waals surface area contributed by atoms with Gasteiger partial charge in [-0.3, -0.25) is 4.79 Å². The first-order valence-electron chi connectivity index (χ1n) is 9.44. The molecule has 6 heteroatoms.